The van der Waals surface area contributed by atoms with E-state index in [1.165, 1.54) is 0 Å². The topological polar surface area (TPSA) is 62.2 Å². The predicted molar refractivity (Wildman–Crippen MR) is 92.5 cm³/mol. The molecule has 0 radical (unpaired) electrons. The summed E-state index contributed by atoms with van der Waals surface area (Å²) in [6, 6.07) is 5.78. The number of amides is 1. The van der Waals surface area contributed by atoms with Crippen molar-refractivity contribution in [1.82, 2.24) is 25.3 Å². The van der Waals surface area contributed by atoms with Crippen LogP contribution in [0.4, 0.5) is 0 Å². The van der Waals surface area contributed by atoms with Crippen LogP contribution < -0.4 is 10.6 Å². The number of rotatable bonds is 5. The maximum absolute atomic E-state index is 12.5. The Morgan fingerprint density at radius 1 is 1.43 bits per heavy atom. The van der Waals surface area contributed by atoms with Gasteiger partial charge in [-0.1, -0.05) is 12.1 Å². The second kappa shape index (κ2) is 6.52. The molecule has 2 aromatic rings. The SMILES string of the molecule is Cc1c2cccc(C(=O)NCCN(C)C)c2nn1C1=CCNC1. The molecule has 0 unspecified atom stereocenters. The molecule has 1 aromatic carbocycles. The highest BCUT2D eigenvalue weighted by Gasteiger charge is 2.18. The third-order valence-corrected chi connectivity index (χ3v) is 4.09. The molecule has 0 saturated heterocycles. The molecule has 2 heterocycles. The highest BCUT2D eigenvalue weighted by atomic mass is 16.1. The smallest absolute Gasteiger partial charge is 0.253 e. The van der Waals surface area contributed by atoms with Crippen molar-refractivity contribution >= 4 is 22.5 Å². The zero-order valence-electron chi connectivity index (χ0n) is 13.9. The van der Waals surface area contributed by atoms with Crippen molar-refractivity contribution in [3.05, 3.63) is 35.5 Å². The van der Waals surface area contributed by atoms with E-state index in [2.05, 4.69) is 16.7 Å². The average molecular weight is 313 g/mol. The summed E-state index contributed by atoms with van der Waals surface area (Å²) >= 11 is 0. The molecule has 0 spiro atoms. The van der Waals surface area contributed by atoms with Crippen LogP contribution in [0, 0.1) is 6.92 Å². The van der Waals surface area contributed by atoms with Crippen LogP contribution >= 0.6 is 0 Å². The number of fused-ring (bicyclic) bond motifs is 1. The maximum atomic E-state index is 12.5. The van der Waals surface area contributed by atoms with Crippen molar-refractivity contribution < 1.29 is 4.79 Å². The molecule has 2 N–H and O–H groups in total. The second-order valence-electron chi connectivity index (χ2n) is 6.08. The Hall–Kier alpha value is -2.18. The third-order valence-electron chi connectivity index (χ3n) is 4.09. The van der Waals surface area contributed by atoms with E-state index < -0.39 is 0 Å². The number of aryl methyl sites for hydroxylation is 1. The van der Waals surface area contributed by atoms with Gasteiger partial charge in [0.15, 0.2) is 0 Å². The summed E-state index contributed by atoms with van der Waals surface area (Å²) in [5.41, 5.74) is 3.60. The van der Waals surface area contributed by atoms with Gasteiger partial charge in [0.05, 0.1) is 11.3 Å². The molecule has 0 atom stereocenters. The number of likely N-dealkylation sites (N-methyl/N-ethyl adjacent to an activating group) is 1. The minimum absolute atomic E-state index is 0.0689. The number of hydrogen-bond donors (Lipinski definition) is 2. The lowest BCUT2D eigenvalue weighted by Gasteiger charge is -2.10. The van der Waals surface area contributed by atoms with Gasteiger partial charge in [-0.05, 0) is 33.2 Å². The Kier molecular flexibility index (Phi) is 4.45. The third kappa shape index (κ3) is 3.13. The molecular weight excluding hydrogens is 290 g/mol. The van der Waals surface area contributed by atoms with Gasteiger partial charge in [0.2, 0.25) is 0 Å². The standard InChI is InChI=1S/C17H23N5O/c1-12-14-5-4-6-15(17(23)19-9-10-21(2)3)16(14)20-22(12)13-7-8-18-11-13/h4-7,18H,8-11H2,1-3H3,(H,19,23). The fraction of sp³-hybridized carbons (Fsp3) is 0.412. The Balaban J connectivity index is 1.92. The zero-order valence-corrected chi connectivity index (χ0v) is 13.9. The lowest BCUT2D eigenvalue weighted by atomic mass is 10.1. The van der Waals surface area contributed by atoms with Crippen LogP contribution in [0.3, 0.4) is 0 Å². The molecule has 1 aromatic heterocycles. The van der Waals surface area contributed by atoms with Crippen LogP contribution in [-0.4, -0.2) is 60.9 Å². The monoisotopic (exact) mass is 313 g/mol. The van der Waals surface area contributed by atoms with Crippen molar-refractivity contribution in [2.45, 2.75) is 6.92 Å². The van der Waals surface area contributed by atoms with Crippen LogP contribution in [0.1, 0.15) is 16.1 Å². The Morgan fingerprint density at radius 3 is 2.96 bits per heavy atom. The van der Waals surface area contributed by atoms with Gasteiger partial charge >= 0.3 is 0 Å². The first-order chi connectivity index (χ1) is 11.1. The van der Waals surface area contributed by atoms with E-state index >= 15 is 0 Å². The van der Waals surface area contributed by atoms with E-state index in [1.807, 2.05) is 48.8 Å². The maximum Gasteiger partial charge on any atom is 0.253 e. The molecule has 0 aliphatic carbocycles. The summed E-state index contributed by atoms with van der Waals surface area (Å²) in [5.74, 6) is -0.0689. The lowest BCUT2D eigenvalue weighted by molar-refractivity contribution is 0.0952. The zero-order chi connectivity index (χ0) is 16.4. The molecule has 122 valence electrons. The average Bonchev–Trinajstić information content (AvgIpc) is 3.15. The van der Waals surface area contributed by atoms with Crippen molar-refractivity contribution in [2.24, 2.45) is 0 Å². The van der Waals surface area contributed by atoms with Gasteiger partial charge in [0.25, 0.3) is 5.91 Å². The van der Waals surface area contributed by atoms with Crippen LogP contribution in [-0.2, 0) is 0 Å². The van der Waals surface area contributed by atoms with Gasteiger partial charge in [0.1, 0.15) is 5.52 Å². The highest BCUT2D eigenvalue weighted by molar-refractivity contribution is 6.06. The summed E-state index contributed by atoms with van der Waals surface area (Å²) in [6.45, 7) is 5.15. The molecule has 6 heteroatoms. The number of benzene rings is 1. The summed E-state index contributed by atoms with van der Waals surface area (Å²) in [6.07, 6.45) is 2.13. The second-order valence-corrected chi connectivity index (χ2v) is 6.08. The van der Waals surface area contributed by atoms with Crippen LogP contribution in [0.25, 0.3) is 16.6 Å². The Morgan fingerprint density at radius 2 is 2.26 bits per heavy atom. The van der Waals surface area contributed by atoms with Gasteiger partial charge in [-0.3, -0.25) is 4.79 Å². The van der Waals surface area contributed by atoms with Crippen LogP contribution in [0.2, 0.25) is 0 Å². The molecule has 1 aliphatic rings. The van der Waals surface area contributed by atoms with Gasteiger partial charge in [-0.2, -0.15) is 5.10 Å². The number of carbonyl (C=O) groups excluding carboxylic acids is 1. The summed E-state index contributed by atoms with van der Waals surface area (Å²) in [7, 11) is 3.97. The molecular formula is C17H23N5O. The molecule has 23 heavy (non-hydrogen) atoms. The van der Waals surface area contributed by atoms with Gasteiger partial charge < -0.3 is 15.5 Å². The number of hydrogen-bond acceptors (Lipinski definition) is 4. The Labute approximate surface area is 136 Å². The number of nitrogens with one attached hydrogen (secondary N) is 2. The highest BCUT2D eigenvalue weighted by Crippen LogP contribution is 2.24. The molecule has 0 saturated carbocycles. The largest absolute Gasteiger partial charge is 0.351 e. The molecule has 1 amide bonds. The van der Waals surface area contributed by atoms with Crippen molar-refractivity contribution in [1.29, 1.82) is 0 Å². The van der Waals surface area contributed by atoms with Crippen molar-refractivity contribution in [2.75, 3.05) is 40.3 Å². The van der Waals surface area contributed by atoms with Crippen LogP contribution in [0.15, 0.2) is 24.3 Å². The number of nitrogens with zero attached hydrogens (tertiary/aromatic N) is 3. The van der Waals surface area contributed by atoms with E-state index in [0.717, 1.165) is 41.9 Å². The fourth-order valence-electron chi connectivity index (χ4n) is 2.81. The van der Waals surface area contributed by atoms with E-state index in [1.54, 1.807) is 0 Å². The number of carbonyl (C=O) groups is 1. The normalized spacial score (nSPS) is 14.5. The summed E-state index contributed by atoms with van der Waals surface area (Å²) < 4.78 is 1.95. The van der Waals surface area contributed by atoms with Crippen molar-refractivity contribution in [3.63, 3.8) is 0 Å². The van der Waals surface area contributed by atoms with E-state index in [4.69, 9.17) is 5.10 Å². The first kappa shape index (κ1) is 15.7. The Bertz CT molecular complexity index is 760. The quantitative estimate of drug-likeness (QED) is 0.867. The number of aromatic nitrogens is 2. The van der Waals surface area contributed by atoms with Gasteiger partial charge in [-0.15, -0.1) is 0 Å². The van der Waals surface area contributed by atoms with E-state index in [9.17, 15) is 4.79 Å². The molecule has 0 bridgehead atoms. The fourth-order valence-corrected chi connectivity index (χ4v) is 2.81. The molecule has 1 aliphatic heterocycles. The molecule has 3 rings (SSSR count). The predicted octanol–water partition coefficient (Wildman–Crippen LogP) is 1.08. The lowest BCUT2D eigenvalue weighted by Crippen LogP contribution is -2.31. The van der Waals surface area contributed by atoms with E-state index in [0.29, 0.717) is 12.1 Å². The van der Waals surface area contributed by atoms with Gasteiger partial charge in [0, 0.05) is 37.3 Å². The summed E-state index contributed by atoms with van der Waals surface area (Å²) in [4.78, 5) is 14.5. The molecule has 0 fully saturated rings. The summed E-state index contributed by atoms with van der Waals surface area (Å²) in [5, 5.41) is 12.0. The van der Waals surface area contributed by atoms with Gasteiger partial charge in [-0.25, -0.2) is 4.68 Å². The first-order valence-corrected chi connectivity index (χ1v) is 7.89. The molecule has 6 nitrogen and oxygen atoms in total. The van der Waals surface area contributed by atoms with Crippen LogP contribution in [0.5, 0.6) is 0 Å². The minimum atomic E-state index is -0.0689. The first-order valence-electron chi connectivity index (χ1n) is 7.89. The van der Waals surface area contributed by atoms with E-state index in [-0.39, 0.29) is 5.91 Å². The van der Waals surface area contributed by atoms with Crippen molar-refractivity contribution in [3.8, 4) is 0 Å². The minimum Gasteiger partial charge on any atom is -0.351 e.